The maximum absolute atomic E-state index is 11.5. The van der Waals surface area contributed by atoms with Crippen molar-refractivity contribution in [1.29, 1.82) is 0 Å². The molecule has 1 unspecified atom stereocenters. The molecule has 0 N–H and O–H groups in total. The summed E-state index contributed by atoms with van der Waals surface area (Å²) in [6, 6.07) is 0. The van der Waals surface area contributed by atoms with Gasteiger partial charge in [0.1, 0.15) is 0 Å². The number of carbonyl (C=O) groups excluding carboxylic acids is 1. The van der Waals surface area contributed by atoms with Crippen LogP contribution in [0.5, 0.6) is 0 Å². The van der Waals surface area contributed by atoms with Gasteiger partial charge in [-0.15, -0.1) is 0 Å². The van der Waals surface area contributed by atoms with Crippen LogP contribution < -0.4 is 0 Å². The second kappa shape index (κ2) is 4.00. The first-order chi connectivity index (χ1) is 7.41. The highest BCUT2D eigenvalue weighted by molar-refractivity contribution is 5.80. The molecule has 0 spiro atoms. The summed E-state index contributed by atoms with van der Waals surface area (Å²) in [6.07, 6.45) is 5.83. The Kier molecular flexibility index (Phi) is 2.97. The number of hydrogen-bond acceptors (Lipinski definition) is 4. The van der Waals surface area contributed by atoms with Gasteiger partial charge in [-0.3, -0.25) is 4.74 Å². The molecule has 2 aliphatic rings. The van der Waals surface area contributed by atoms with Crippen LogP contribution in [0.3, 0.4) is 0 Å². The summed E-state index contributed by atoms with van der Waals surface area (Å²) in [7, 11) is 0. The monoisotopic (exact) mass is 228 g/mol. The van der Waals surface area contributed by atoms with Crippen LogP contribution in [0.15, 0.2) is 0 Å². The van der Waals surface area contributed by atoms with Crippen molar-refractivity contribution in [2.45, 2.75) is 70.6 Å². The molecule has 1 saturated carbocycles. The summed E-state index contributed by atoms with van der Waals surface area (Å²) in [4.78, 5) is 11.5. The highest BCUT2D eigenvalue weighted by Gasteiger charge is 2.52. The largest absolute Gasteiger partial charge is 0.406 e. The molecular formula is C12H20O4. The molecular weight excluding hydrogens is 208 g/mol. The molecule has 1 saturated heterocycles. The Bertz CT molecular complexity index is 281. The van der Waals surface area contributed by atoms with Gasteiger partial charge in [0.15, 0.2) is 5.60 Å². The van der Waals surface area contributed by atoms with Crippen LogP contribution in [0.2, 0.25) is 0 Å². The molecule has 0 aromatic rings. The number of esters is 1. The highest BCUT2D eigenvalue weighted by Crippen LogP contribution is 2.35. The first kappa shape index (κ1) is 11.9. The summed E-state index contributed by atoms with van der Waals surface area (Å²) in [5, 5.41) is 0. The molecule has 16 heavy (non-hydrogen) atoms. The number of carbonyl (C=O) groups is 1. The minimum atomic E-state index is -1.19. The van der Waals surface area contributed by atoms with Gasteiger partial charge in [-0.1, -0.05) is 19.3 Å². The third kappa shape index (κ3) is 2.38. The van der Waals surface area contributed by atoms with Crippen LogP contribution >= 0.6 is 0 Å². The van der Waals surface area contributed by atoms with Gasteiger partial charge in [0, 0.05) is 6.92 Å². The van der Waals surface area contributed by atoms with E-state index in [1.165, 1.54) is 19.3 Å². The SMILES string of the molecule is CC1(OC2CCCCC2)OC(=O)C(C)(C)O1. The lowest BCUT2D eigenvalue weighted by Gasteiger charge is -2.30. The average molecular weight is 228 g/mol. The van der Waals surface area contributed by atoms with Crippen molar-refractivity contribution >= 4 is 5.97 Å². The van der Waals surface area contributed by atoms with Crippen molar-refractivity contribution in [3.05, 3.63) is 0 Å². The van der Waals surface area contributed by atoms with E-state index in [1.807, 2.05) is 0 Å². The van der Waals surface area contributed by atoms with Gasteiger partial charge in [0.05, 0.1) is 6.10 Å². The fraction of sp³-hybridized carbons (Fsp3) is 0.917. The fourth-order valence-corrected chi connectivity index (χ4v) is 2.35. The van der Waals surface area contributed by atoms with E-state index in [0.29, 0.717) is 0 Å². The van der Waals surface area contributed by atoms with Crippen molar-refractivity contribution in [2.24, 2.45) is 0 Å². The minimum Gasteiger partial charge on any atom is -0.406 e. The topological polar surface area (TPSA) is 44.8 Å². The Morgan fingerprint density at radius 2 is 1.81 bits per heavy atom. The summed E-state index contributed by atoms with van der Waals surface area (Å²) < 4.78 is 16.5. The molecule has 0 radical (unpaired) electrons. The number of rotatable bonds is 2. The second-order valence-corrected chi connectivity index (χ2v) is 5.24. The first-order valence-electron chi connectivity index (χ1n) is 6.03. The molecule has 0 aromatic heterocycles. The summed E-state index contributed by atoms with van der Waals surface area (Å²) in [5.74, 6) is -1.55. The fourth-order valence-electron chi connectivity index (χ4n) is 2.35. The van der Waals surface area contributed by atoms with Gasteiger partial charge in [0.2, 0.25) is 0 Å². The van der Waals surface area contributed by atoms with Crippen molar-refractivity contribution in [2.75, 3.05) is 0 Å². The van der Waals surface area contributed by atoms with Gasteiger partial charge >= 0.3 is 11.9 Å². The lowest BCUT2D eigenvalue weighted by Crippen LogP contribution is -2.37. The van der Waals surface area contributed by atoms with E-state index in [0.717, 1.165) is 12.8 Å². The molecule has 92 valence electrons. The number of hydrogen-bond donors (Lipinski definition) is 0. The van der Waals surface area contributed by atoms with Gasteiger partial charge < -0.3 is 9.47 Å². The molecule has 4 heteroatoms. The maximum Gasteiger partial charge on any atom is 0.342 e. The normalized spacial score (nSPS) is 35.1. The first-order valence-corrected chi connectivity index (χ1v) is 6.03. The third-order valence-corrected chi connectivity index (χ3v) is 3.14. The minimum absolute atomic E-state index is 0.153. The van der Waals surface area contributed by atoms with Crippen LogP contribution in [-0.2, 0) is 19.0 Å². The molecule has 0 amide bonds. The Morgan fingerprint density at radius 1 is 1.19 bits per heavy atom. The summed E-state index contributed by atoms with van der Waals surface area (Å²) in [5.41, 5.74) is -0.899. The van der Waals surface area contributed by atoms with Gasteiger partial charge in [-0.05, 0) is 26.7 Å². The molecule has 1 aliphatic carbocycles. The van der Waals surface area contributed by atoms with Crippen molar-refractivity contribution in [3.8, 4) is 0 Å². The van der Waals surface area contributed by atoms with Crippen molar-refractivity contribution in [3.63, 3.8) is 0 Å². The lowest BCUT2D eigenvalue weighted by molar-refractivity contribution is -0.346. The average Bonchev–Trinajstić information content (AvgIpc) is 2.36. The van der Waals surface area contributed by atoms with E-state index in [2.05, 4.69) is 0 Å². The number of cyclic esters (lactones) is 1. The van der Waals surface area contributed by atoms with Crippen LogP contribution in [0.1, 0.15) is 52.9 Å². The van der Waals surface area contributed by atoms with Gasteiger partial charge in [-0.25, -0.2) is 4.79 Å². The Morgan fingerprint density at radius 3 is 2.31 bits per heavy atom. The zero-order valence-electron chi connectivity index (χ0n) is 10.2. The predicted octanol–water partition coefficient (Wildman–Crippen LogP) is 2.36. The predicted molar refractivity (Wildman–Crippen MR) is 57.6 cm³/mol. The third-order valence-electron chi connectivity index (χ3n) is 3.14. The van der Waals surface area contributed by atoms with Crippen LogP contribution in [0, 0.1) is 0 Å². The lowest BCUT2D eigenvalue weighted by atomic mass is 9.98. The van der Waals surface area contributed by atoms with Crippen LogP contribution in [0.4, 0.5) is 0 Å². The molecule has 4 nitrogen and oxygen atoms in total. The molecule has 0 bridgehead atoms. The van der Waals surface area contributed by atoms with E-state index < -0.39 is 11.6 Å². The Labute approximate surface area is 96.2 Å². The van der Waals surface area contributed by atoms with Crippen molar-refractivity contribution in [1.82, 2.24) is 0 Å². The standard InChI is InChI=1S/C12H20O4/c1-11(2)10(13)15-12(3,16-11)14-9-7-5-4-6-8-9/h9H,4-8H2,1-3H3. The second-order valence-electron chi connectivity index (χ2n) is 5.24. The smallest absolute Gasteiger partial charge is 0.342 e. The van der Waals surface area contributed by atoms with Crippen molar-refractivity contribution < 1.29 is 19.0 Å². The van der Waals surface area contributed by atoms with E-state index in [-0.39, 0.29) is 12.1 Å². The quantitative estimate of drug-likeness (QED) is 0.681. The maximum atomic E-state index is 11.5. The van der Waals surface area contributed by atoms with E-state index in [9.17, 15) is 4.79 Å². The van der Waals surface area contributed by atoms with E-state index in [4.69, 9.17) is 14.2 Å². The summed E-state index contributed by atoms with van der Waals surface area (Å²) in [6.45, 7) is 5.07. The number of ether oxygens (including phenoxy) is 3. The Hall–Kier alpha value is -0.610. The molecule has 0 aromatic carbocycles. The van der Waals surface area contributed by atoms with Crippen LogP contribution in [0.25, 0.3) is 0 Å². The van der Waals surface area contributed by atoms with Gasteiger partial charge in [0.25, 0.3) is 0 Å². The Balaban J connectivity index is 1.96. The zero-order valence-corrected chi connectivity index (χ0v) is 10.2. The van der Waals surface area contributed by atoms with E-state index >= 15 is 0 Å². The molecule has 1 heterocycles. The van der Waals surface area contributed by atoms with Gasteiger partial charge in [-0.2, -0.15) is 0 Å². The molecule has 1 aliphatic heterocycles. The molecule has 2 rings (SSSR count). The zero-order chi connectivity index (χ0) is 11.8. The van der Waals surface area contributed by atoms with E-state index in [1.54, 1.807) is 20.8 Å². The molecule has 1 atom stereocenters. The molecule has 2 fully saturated rings. The highest BCUT2D eigenvalue weighted by atomic mass is 16.9. The summed E-state index contributed by atoms with van der Waals surface area (Å²) >= 11 is 0. The van der Waals surface area contributed by atoms with Crippen LogP contribution in [-0.4, -0.2) is 23.6 Å².